The highest BCUT2D eigenvalue weighted by Crippen LogP contribution is 2.15. The van der Waals surface area contributed by atoms with Crippen molar-refractivity contribution in [2.24, 2.45) is 5.92 Å². The molecular formula is C7H10F3NO3. The van der Waals surface area contributed by atoms with E-state index < -0.39 is 30.0 Å². The third-order valence-electron chi connectivity index (χ3n) is 1.48. The van der Waals surface area contributed by atoms with E-state index in [0.717, 1.165) is 0 Å². The molecule has 14 heavy (non-hydrogen) atoms. The zero-order valence-corrected chi connectivity index (χ0v) is 7.55. The van der Waals surface area contributed by atoms with Crippen molar-refractivity contribution in [3.05, 3.63) is 0 Å². The van der Waals surface area contributed by atoms with Crippen LogP contribution in [-0.4, -0.2) is 29.2 Å². The van der Waals surface area contributed by atoms with Gasteiger partial charge in [-0.15, -0.1) is 0 Å². The molecule has 7 heteroatoms. The Hall–Kier alpha value is -1.27. The largest absolute Gasteiger partial charge is 0.480 e. The third-order valence-corrected chi connectivity index (χ3v) is 1.48. The maximum atomic E-state index is 11.7. The number of hydrogen-bond acceptors (Lipinski definition) is 2. The number of nitrogens with one attached hydrogen (secondary N) is 1. The van der Waals surface area contributed by atoms with Crippen molar-refractivity contribution in [2.75, 3.05) is 0 Å². The first kappa shape index (κ1) is 12.7. The number of halogens is 3. The quantitative estimate of drug-likeness (QED) is 0.727. The minimum Gasteiger partial charge on any atom is -0.480 e. The van der Waals surface area contributed by atoms with Crippen LogP contribution in [0.3, 0.4) is 0 Å². The van der Waals surface area contributed by atoms with Crippen molar-refractivity contribution >= 4 is 11.9 Å². The minimum absolute atomic E-state index is 0.612. The van der Waals surface area contributed by atoms with Crippen molar-refractivity contribution in [3.8, 4) is 0 Å². The molecule has 0 aromatic carbocycles. The molecule has 0 aromatic rings. The number of hydrogen-bond donors (Lipinski definition) is 2. The van der Waals surface area contributed by atoms with E-state index in [9.17, 15) is 22.8 Å². The van der Waals surface area contributed by atoms with E-state index in [1.807, 2.05) is 0 Å². The van der Waals surface area contributed by atoms with Crippen LogP contribution in [0, 0.1) is 5.92 Å². The Bertz CT molecular complexity index is 237. The zero-order chi connectivity index (χ0) is 11.5. The second-order valence-electron chi connectivity index (χ2n) is 3.03. The molecule has 0 heterocycles. The highest BCUT2D eigenvalue weighted by atomic mass is 19.4. The predicted octanol–water partition coefficient (Wildman–Crippen LogP) is 0.774. The molecule has 1 unspecified atom stereocenters. The van der Waals surface area contributed by atoms with Crippen LogP contribution in [-0.2, 0) is 9.59 Å². The van der Waals surface area contributed by atoms with Gasteiger partial charge in [-0.25, -0.2) is 4.79 Å². The standard InChI is InChI=1S/C7H10F3NO3/c1-3(2)4(5(12)13)11-6(14)7(8,9)10/h3-4H,1-2H3,(H,11,14)(H,12,13). The molecule has 0 radical (unpaired) electrons. The van der Waals surface area contributed by atoms with Crippen LogP contribution in [0.25, 0.3) is 0 Å². The average Bonchev–Trinajstić information content (AvgIpc) is 1.96. The Morgan fingerprint density at radius 2 is 1.71 bits per heavy atom. The predicted molar refractivity (Wildman–Crippen MR) is 40.5 cm³/mol. The topological polar surface area (TPSA) is 66.4 Å². The molecule has 0 aliphatic rings. The second kappa shape index (κ2) is 4.30. The molecule has 0 aliphatic carbocycles. The molecule has 2 N–H and O–H groups in total. The fourth-order valence-corrected chi connectivity index (χ4v) is 0.737. The molecular weight excluding hydrogens is 203 g/mol. The smallest absolute Gasteiger partial charge is 0.471 e. The van der Waals surface area contributed by atoms with Crippen molar-refractivity contribution in [1.29, 1.82) is 0 Å². The van der Waals surface area contributed by atoms with Crippen LogP contribution in [0.4, 0.5) is 13.2 Å². The number of alkyl halides is 3. The number of aliphatic carboxylic acids is 1. The Morgan fingerprint density at radius 1 is 1.29 bits per heavy atom. The van der Waals surface area contributed by atoms with E-state index in [2.05, 4.69) is 0 Å². The van der Waals surface area contributed by atoms with Gasteiger partial charge in [-0.1, -0.05) is 13.8 Å². The lowest BCUT2D eigenvalue weighted by Crippen LogP contribution is -2.49. The van der Waals surface area contributed by atoms with Gasteiger partial charge in [-0.3, -0.25) is 4.79 Å². The van der Waals surface area contributed by atoms with Gasteiger partial charge in [0.15, 0.2) is 0 Å². The molecule has 0 rings (SSSR count). The van der Waals surface area contributed by atoms with Gasteiger partial charge in [0.1, 0.15) is 6.04 Å². The molecule has 4 nitrogen and oxygen atoms in total. The van der Waals surface area contributed by atoms with E-state index >= 15 is 0 Å². The summed E-state index contributed by atoms with van der Waals surface area (Å²) in [6.07, 6.45) is -5.05. The van der Waals surface area contributed by atoms with Crippen LogP contribution >= 0.6 is 0 Å². The summed E-state index contributed by atoms with van der Waals surface area (Å²) in [5, 5.41) is 9.87. The van der Waals surface area contributed by atoms with E-state index in [0.29, 0.717) is 0 Å². The van der Waals surface area contributed by atoms with Crippen LogP contribution in [0.5, 0.6) is 0 Å². The molecule has 0 fully saturated rings. The summed E-state index contributed by atoms with van der Waals surface area (Å²) in [5.41, 5.74) is 0. The fraction of sp³-hybridized carbons (Fsp3) is 0.714. The maximum Gasteiger partial charge on any atom is 0.471 e. The van der Waals surface area contributed by atoms with E-state index in [4.69, 9.17) is 5.11 Å². The molecule has 0 spiro atoms. The normalized spacial score (nSPS) is 13.9. The summed E-state index contributed by atoms with van der Waals surface area (Å²) in [5.74, 6) is -4.34. The molecule has 0 aromatic heterocycles. The first-order valence-corrected chi connectivity index (χ1v) is 3.76. The molecule has 1 atom stereocenters. The summed E-state index contributed by atoms with van der Waals surface area (Å²) in [4.78, 5) is 20.8. The van der Waals surface area contributed by atoms with Crippen LogP contribution in [0.15, 0.2) is 0 Å². The van der Waals surface area contributed by atoms with Crippen molar-refractivity contribution in [1.82, 2.24) is 5.32 Å². The number of carbonyl (C=O) groups is 2. The van der Waals surface area contributed by atoms with E-state index in [1.165, 1.54) is 19.2 Å². The molecule has 0 aliphatic heterocycles. The van der Waals surface area contributed by atoms with E-state index in [-0.39, 0.29) is 0 Å². The van der Waals surface area contributed by atoms with Gasteiger partial charge in [0.05, 0.1) is 0 Å². The summed E-state index contributed by atoms with van der Waals surface area (Å²) < 4.78 is 35.2. The van der Waals surface area contributed by atoms with Gasteiger partial charge >= 0.3 is 18.1 Å². The fourth-order valence-electron chi connectivity index (χ4n) is 0.737. The monoisotopic (exact) mass is 213 g/mol. The lowest BCUT2D eigenvalue weighted by Gasteiger charge is -2.18. The Labute approximate surface area is 78.1 Å². The number of carbonyl (C=O) groups excluding carboxylic acids is 1. The van der Waals surface area contributed by atoms with Gasteiger partial charge < -0.3 is 10.4 Å². The summed E-state index contributed by atoms with van der Waals surface area (Å²) in [7, 11) is 0. The van der Waals surface area contributed by atoms with E-state index in [1.54, 1.807) is 0 Å². The SMILES string of the molecule is CC(C)C(NC(=O)C(F)(F)F)C(=O)O. The second-order valence-corrected chi connectivity index (χ2v) is 3.03. The van der Waals surface area contributed by atoms with Gasteiger partial charge in [-0.05, 0) is 5.92 Å². The Balaban J connectivity index is 4.48. The Morgan fingerprint density at radius 3 is 1.93 bits per heavy atom. The molecule has 0 saturated heterocycles. The minimum atomic E-state index is -5.05. The third kappa shape index (κ3) is 3.63. The van der Waals surface area contributed by atoms with Gasteiger partial charge in [0.2, 0.25) is 0 Å². The number of amides is 1. The first-order chi connectivity index (χ1) is 6.16. The van der Waals surface area contributed by atoms with Gasteiger partial charge in [0, 0.05) is 0 Å². The number of carboxylic acids is 1. The van der Waals surface area contributed by atoms with Gasteiger partial charge in [-0.2, -0.15) is 13.2 Å². The van der Waals surface area contributed by atoms with Crippen molar-refractivity contribution in [2.45, 2.75) is 26.1 Å². The van der Waals surface area contributed by atoms with Crippen molar-refractivity contribution < 1.29 is 27.9 Å². The van der Waals surface area contributed by atoms with Crippen LogP contribution in [0.1, 0.15) is 13.8 Å². The molecule has 1 amide bonds. The summed E-state index contributed by atoms with van der Waals surface area (Å²) in [6.45, 7) is 2.80. The lowest BCUT2D eigenvalue weighted by molar-refractivity contribution is -0.176. The number of carboxylic acid groups (broad SMARTS) is 1. The Kier molecular flexibility index (Phi) is 3.91. The highest BCUT2D eigenvalue weighted by molar-refractivity contribution is 5.87. The zero-order valence-electron chi connectivity index (χ0n) is 7.55. The maximum absolute atomic E-state index is 11.7. The average molecular weight is 213 g/mol. The lowest BCUT2D eigenvalue weighted by atomic mass is 10.1. The highest BCUT2D eigenvalue weighted by Gasteiger charge is 2.41. The molecule has 82 valence electrons. The van der Waals surface area contributed by atoms with Crippen LogP contribution < -0.4 is 5.32 Å². The molecule has 0 saturated carbocycles. The van der Waals surface area contributed by atoms with Gasteiger partial charge in [0.25, 0.3) is 0 Å². The van der Waals surface area contributed by atoms with Crippen molar-refractivity contribution in [3.63, 3.8) is 0 Å². The number of rotatable bonds is 3. The van der Waals surface area contributed by atoms with Crippen LogP contribution in [0.2, 0.25) is 0 Å². The summed E-state index contributed by atoms with van der Waals surface area (Å²) in [6, 6.07) is -1.52. The summed E-state index contributed by atoms with van der Waals surface area (Å²) >= 11 is 0. The first-order valence-electron chi connectivity index (χ1n) is 3.76. The molecule has 0 bridgehead atoms.